The molecule has 6 nitrogen and oxygen atoms in total. The Balaban J connectivity index is 1.22. The molecular weight excluding hydrogens is 408 g/mol. The van der Waals surface area contributed by atoms with Gasteiger partial charge in [0.15, 0.2) is 5.13 Å². The molecule has 31 heavy (non-hydrogen) atoms. The zero-order chi connectivity index (χ0) is 21.5. The predicted octanol–water partition coefficient (Wildman–Crippen LogP) is 3.96. The minimum Gasteiger partial charge on any atom is -0.494 e. The summed E-state index contributed by atoms with van der Waals surface area (Å²) < 4.78 is 6.55. The Labute approximate surface area is 187 Å². The van der Waals surface area contributed by atoms with Gasteiger partial charge in [0.25, 0.3) is 0 Å². The lowest BCUT2D eigenvalue weighted by Crippen LogP contribution is -2.48. The second-order valence-electron chi connectivity index (χ2n) is 7.52. The first-order valence-corrected chi connectivity index (χ1v) is 11.5. The van der Waals surface area contributed by atoms with Crippen molar-refractivity contribution in [2.45, 2.75) is 6.92 Å². The van der Waals surface area contributed by atoms with Gasteiger partial charge in [-0.1, -0.05) is 53.8 Å². The molecule has 7 heteroatoms. The summed E-state index contributed by atoms with van der Waals surface area (Å²) in [5, 5.41) is 3.59. The van der Waals surface area contributed by atoms with Crippen molar-refractivity contribution < 1.29 is 9.53 Å². The minimum atomic E-state index is -0.0125. The van der Waals surface area contributed by atoms with Crippen LogP contribution in [0.4, 0.5) is 5.13 Å². The van der Waals surface area contributed by atoms with E-state index in [4.69, 9.17) is 4.74 Å². The van der Waals surface area contributed by atoms with Crippen LogP contribution in [-0.2, 0) is 4.79 Å². The lowest BCUT2D eigenvalue weighted by molar-refractivity contribution is -0.117. The van der Waals surface area contributed by atoms with Crippen LogP contribution < -0.4 is 10.1 Å². The second kappa shape index (κ2) is 10.5. The molecule has 1 aliphatic rings. The van der Waals surface area contributed by atoms with Gasteiger partial charge in [-0.25, -0.2) is 4.98 Å². The van der Waals surface area contributed by atoms with Crippen LogP contribution in [0.2, 0.25) is 0 Å². The van der Waals surface area contributed by atoms with E-state index in [0.29, 0.717) is 18.3 Å². The van der Waals surface area contributed by atoms with E-state index in [9.17, 15) is 4.79 Å². The molecule has 0 unspecified atom stereocenters. The maximum absolute atomic E-state index is 12.5. The largest absolute Gasteiger partial charge is 0.494 e. The molecule has 162 valence electrons. The fourth-order valence-corrected chi connectivity index (χ4v) is 4.52. The summed E-state index contributed by atoms with van der Waals surface area (Å²) in [5.74, 6) is 0.814. The molecule has 3 aromatic rings. The van der Waals surface area contributed by atoms with Gasteiger partial charge in [-0.2, -0.15) is 0 Å². The van der Waals surface area contributed by atoms with Crippen molar-refractivity contribution in [2.24, 2.45) is 0 Å². The van der Waals surface area contributed by atoms with Gasteiger partial charge in [0.2, 0.25) is 5.91 Å². The molecule has 0 spiro atoms. The SMILES string of the molecule is CCOc1ccc2nc(NC(=O)CN3CCN(C/C=C/c4ccccc4)CC3)sc2c1. The molecular formula is C24H28N4O2S. The number of thiazole rings is 1. The maximum Gasteiger partial charge on any atom is 0.240 e. The van der Waals surface area contributed by atoms with Crippen molar-refractivity contribution >= 4 is 38.7 Å². The second-order valence-corrected chi connectivity index (χ2v) is 8.55. The number of fused-ring (bicyclic) bond motifs is 1. The van der Waals surface area contributed by atoms with Crippen LogP contribution in [0.25, 0.3) is 16.3 Å². The first-order valence-electron chi connectivity index (χ1n) is 10.7. The van der Waals surface area contributed by atoms with Gasteiger partial charge in [-0.05, 0) is 30.7 Å². The monoisotopic (exact) mass is 436 g/mol. The lowest BCUT2D eigenvalue weighted by atomic mass is 10.2. The zero-order valence-corrected chi connectivity index (χ0v) is 18.6. The normalized spacial score (nSPS) is 15.5. The maximum atomic E-state index is 12.5. The van der Waals surface area contributed by atoms with E-state index in [2.05, 4.69) is 56.5 Å². The van der Waals surface area contributed by atoms with Crippen molar-refractivity contribution in [3.8, 4) is 5.75 Å². The summed E-state index contributed by atoms with van der Waals surface area (Å²) in [4.78, 5) is 21.6. The van der Waals surface area contributed by atoms with Crippen LogP contribution in [0.15, 0.2) is 54.6 Å². The topological polar surface area (TPSA) is 57.7 Å². The van der Waals surface area contributed by atoms with Crippen LogP contribution in [0.3, 0.4) is 0 Å². The summed E-state index contributed by atoms with van der Waals surface area (Å²) in [6.45, 7) is 7.64. The quantitative estimate of drug-likeness (QED) is 0.579. The minimum absolute atomic E-state index is 0.0125. The molecule has 1 fully saturated rings. The van der Waals surface area contributed by atoms with Crippen LogP contribution in [0.1, 0.15) is 12.5 Å². The number of hydrogen-bond donors (Lipinski definition) is 1. The molecule has 2 heterocycles. The molecule has 1 aromatic heterocycles. The summed E-state index contributed by atoms with van der Waals surface area (Å²) in [6, 6.07) is 16.2. The zero-order valence-electron chi connectivity index (χ0n) is 17.8. The number of nitrogens with zero attached hydrogens (tertiary/aromatic N) is 3. The van der Waals surface area contributed by atoms with Crippen molar-refractivity contribution in [2.75, 3.05) is 51.2 Å². The molecule has 4 rings (SSSR count). The number of piperazine rings is 1. The third-order valence-electron chi connectivity index (χ3n) is 5.22. The number of hydrogen-bond acceptors (Lipinski definition) is 6. The van der Waals surface area contributed by atoms with Gasteiger partial charge in [0, 0.05) is 32.7 Å². The average molecular weight is 437 g/mol. The molecule has 0 radical (unpaired) electrons. The molecule has 0 aliphatic carbocycles. The van der Waals surface area contributed by atoms with E-state index in [1.54, 1.807) is 0 Å². The predicted molar refractivity (Wildman–Crippen MR) is 128 cm³/mol. The fourth-order valence-electron chi connectivity index (χ4n) is 3.61. The van der Waals surface area contributed by atoms with Gasteiger partial charge in [-0.15, -0.1) is 0 Å². The number of amides is 1. The number of anilines is 1. The van der Waals surface area contributed by atoms with Crippen molar-refractivity contribution in [1.29, 1.82) is 0 Å². The van der Waals surface area contributed by atoms with Crippen molar-refractivity contribution in [3.05, 3.63) is 60.2 Å². The van der Waals surface area contributed by atoms with Gasteiger partial charge >= 0.3 is 0 Å². The standard InChI is InChI=1S/C24H28N4O2S/c1-2-30-20-10-11-21-22(17-20)31-24(25-21)26-23(29)18-28-15-13-27(14-16-28)12-6-9-19-7-4-3-5-8-19/h3-11,17H,2,12-16,18H2,1H3,(H,25,26,29)/b9-6+. The third kappa shape index (κ3) is 6.13. The molecule has 0 atom stereocenters. The highest BCUT2D eigenvalue weighted by Gasteiger charge is 2.19. The van der Waals surface area contributed by atoms with Gasteiger partial charge < -0.3 is 10.1 Å². The smallest absolute Gasteiger partial charge is 0.240 e. The van der Waals surface area contributed by atoms with Crippen LogP contribution in [0, 0.1) is 0 Å². The van der Waals surface area contributed by atoms with E-state index in [1.807, 2.05) is 31.2 Å². The number of rotatable bonds is 8. The van der Waals surface area contributed by atoms with E-state index < -0.39 is 0 Å². The number of nitrogens with one attached hydrogen (secondary N) is 1. The lowest BCUT2D eigenvalue weighted by Gasteiger charge is -2.33. The molecule has 0 bridgehead atoms. The van der Waals surface area contributed by atoms with Gasteiger partial charge in [-0.3, -0.25) is 14.6 Å². The Morgan fingerprint density at radius 3 is 2.68 bits per heavy atom. The highest BCUT2D eigenvalue weighted by atomic mass is 32.1. The molecule has 0 saturated carbocycles. The molecule has 1 amide bonds. The highest BCUT2D eigenvalue weighted by molar-refractivity contribution is 7.22. The average Bonchev–Trinajstić information content (AvgIpc) is 3.17. The van der Waals surface area contributed by atoms with Gasteiger partial charge in [0.1, 0.15) is 5.75 Å². The van der Waals surface area contributed by atoms with E-state index >= 15 is 0 Å². The van der Waals surface area contributed by atoms with E-state index in [0.717, 1.165) is 48.7 Å². The molecule has 2 aromatic carbocycles. The fraction of sp³-hybridized carbons (Fsp3) is 0.333. The molecule has 1 N–H and O–H groups in total. The summed E-state index contributed by atoms with van der Waals surface area (Å²) >= 11 is 1.48. The van der Waals surface area contributed by atoms with Crippen molar-refractivity contribution in [3.63, 3.8) is 0 Å². The third-order valence-corrected chi connectivity index (χ3v) is 6.16. The number of ether oxygens (including phenoxy) is 1. The summed E-state index contributed by atoms with van der Waals surface area (Å²) in [6.07, 6.45) is 4.37. The Hall–Kier alpha value is -2.74. The Bertz CT molecular complexity index is 1030. The van der Waals surface area contributed by atoms with E-state index in [-0.39, 0.29) is 5.91 Å². The van der Waals surface area contributed by atoms with Gasteiger partial charge in [0.05, 0.1) is 23.4 Å². The summed E-state index contributed by atoms with van der Waals surface area (Å²) in [7, 11) is 0. The first kappa shape index (κ1) is 21.5. The Morgan fingerprint density at radius 1 is 1.13 bits per heavy atom. The number of carbonyl (C=O) groups is 1. The number of benzene rings is 2. The number of carbonyl (C=O) groups excluding carboxylic acids is 1. The van der Waals surface area contributed by atoms with E-state index in [1.165, 1.54) is 16.9 Å². The summed E-state index contributed by atoms with van der Waals surface area (Å²) in [5.41, 5.74) is 2.10. The Kier molecular flexibility index (Phi) is 7.30. The first-order chi connectivity index (χ1) is 15.2. The highest BCUT2D eigenvalue weighted by Crippen LogP contribution is 2.29. The van der Waals surface area contributed by atoms with Crippen molar-refractivity contribution in [1.82, 2.24) is 14.8 Å². The molecule has 1 saturated heterocycles. The van der Waals surface area contributed by atoms with Crippen LogP contribution >= 0.6 is 11.3 Å². The van der Waals surface area contributed by atoms with Crippen LogP contribution in [-0.4, -0.2) is 66.6 Å². The van der Waals surface area contributed by atoms with Crippen LogP contribution in [0.5, 0.6) is 5.75 Å². The molecule has 1 aliphatic heterocycles. The Morgan fingerprint density at radius 2 is 1.90 bits per heavy atom. The number of aromatic nitrogens is 1.